The van der Waals surface area contributed by atoms with Crippen molar-refractivity contribution in [1.82, 2.24) is 0 Å². The third-order valence-electron chi connectivity index (χ3n) is 4.22. The molecule has 0 saturated carbocycles. The first-order valence-electron chi connectivity index (χ1n) is 8.12. The van der Waals surface area contributed by atoms with Crippen molar-refractivity contribution in [1.29, 1.82) is 0 Å². The molecule has 6 nitrogen and oxygen atoms in total. The highest BCUT2D eigenvalue weighted by molar-refractivity contribution is 9.10. The smallest absolute Gasteiger partial charge is 0.265 e. The van der Waals surface area contributed by atoms with Crippen LogP contribution in [0.25, 0.3) is 0 Å². The molecule has 1 saturated heterocycles. The standard InChI is InChI=1S/C18H19BrN2O4S/c1-25-17-7-2-13(19)12-18(17)26(23,24)20-14-3-5-15(6-4-14)21-10-8-16(22)9-11-21/h2-7,12,20H,8-11H2,1H3. The largest absolute Gasteiger partial charge is 0.495 e. The highest BCUT2D eigenvalue weighted by Gasteiger charge is 2.21. The van der Waals surface area contributed by atoms with Gasteiger partial charge in [-0.1, -0.05) is 15.9 Å². The number of Topliss-reactive ketones (excluding diaryl/α,β-unsaturated/α-hetero) is 1. The summed E-state index contributed by atoms with van der Waals surface area (Å²) in [5.74, 6) is 0.559. The fourth-order valence-electron chi connectivity index (χ4n) is 2.83. The number of hydrogen-bond acceptors (Lipinski definition) is 5. The molecule has 2 aromatic carbocycles. The van der Waals surface area contributed by atoms with Crippen LogP contribution < -0.4 is 14.4 Å². The fourth-order valence-corrected chi connectivity index (χ4v) is 4.59. The number of piperidine rings is 1. The van der Waals surface area contributed by atoms with Gasteiger partial charge in [-0.2, -0.15) is 0 Å². The van der Waals surface area contributed by atoms with E-state index in [-0.39, 0.29) is 16.4 Å². The zero-order valence-corrected chi connectivity index (χ0v) is 16.6. The number of rotatable bonds is 5. The molecule has 0 amide bonds. The Hall–Kier alpha value is -2.06. The number of methoxy groups -OCH3 is 1. The van der Waals surface area contributed by atoms with Gasteiger partial charge >= 0.3 is 0 Å². The van der Waals surface area contributed by atoms with Gasteiger partial charge in [0.15, 0.2) is 0 Å². The van der Waals surface area contributed by atoms with Crippen LogP contribution in [0.15, 0.2) is 51.8 Å². The number of nitrogens with one attached hydrogen (secondary N) is 1. The predicted octanol–water partition coefficient (Wildman–Crippen LogP) is 3.43. The third kappa shape index (κ3) is 4.19. The second-order valence-electron chi connectivity index (χ2n) is 5.97. The molecule has 0 bridgehead atoms. The van der Waals surface area contributed by atoms with Crippen LogP contribution in [0, 0.1) is 0 Å². The predicted molar refractivity (Wildman–Crippen MR) is 104 cm³/mol. The Morgan fingerprint density at radius 2 is 1.73 bits per heavy atom. The van der Waals surface area contributed by atoms with Gasteiger partial charge in [0.1, 0.15) is 16.4 Å². The molecule has 3 rings (SSSR count). The summed E-state index contributed by atoms with van der Waals surface area (Å²) < 4.78 is 33.8. The topological polar surface area (TPSA) is 75.7 Å². The SMILES string of the molecule is COc1ccc(Br)cc1S(=O)(=O)Nc1ccc(N2CCC(=O)CC2)cc1. The summed E-state index contributed by atoms with van der Waals surface area (Å²) >= 11 is 3.28. The highest BCUT2D eigenvalue weighted by Crippen LogP contribution is 2.29. The van der Waals surface area contributed by atoms with Crippen molar-refractivity contribution in [2.75, 3.05) is 29.8 Å². The number of ether oxygens (including phenoxy) is 1. The Balaban J connectivity index is 1.78. The molecule has 1 fully saturated rings. The first-order chi connectivity index (χ1) is 12.4. The minimum atomic E-state index is -3.79. The van der Waals surface area contributed by atoms with Crippen LogP contribution in [0.1, 0.15) is 12.8 Å². The first-order valence-corrected chi connectivity index (χ1v) is 10.4. The Labute approximate surface area is 161 Å². The molecule has 1 aliphatic heterocycles. The van der Waals surface area contributed by atoms with Crippen LogP contribution >= 0.6 is 15.9 Å². The number of carbonyl (C=O) groups is 1. The van der Waals surface area contributed by atoms with Crippen LogP contribution in [0.5, 0.6) is 5.75 Å². The Morgan fingerprint density at radius 1 is 1.08 bits per heavy atom. The maximum Gasteiger partial charge on any atom is 0.265 e. The number of benzene rings is 2. The van der Waals surface area contributed by atoms with Crippen molar-refractivity contribution in [3.05, 3.63) is 46.9 Å². The molecule has 1 N–H and O–H groups in total. The second-order valence-corrected chi connectivity index (χ2v) is 8.54. The summed E-state index contributed by atoms with van der Waals surface area (Å²) in [5, 5.41) is 0. The number of anilines is 2. The lowest BCUT2D eigenvalue weighted by atomic mass is 10.1. The van der Waals surface area contributed by atoms with Gasteiger partial charge in [0.25, 0.3) is 10.0 Å². The van der Waals surface area contributed by atoms with Gasteiger partial charge in [0, 0.05) is 41.8 Å². The lowest BCUT2D eigenvalue weighted by molar-refractivity contribution is -0.119. The van der Waals surface area contributed by atoms with Gasteiger partial charge < -0.3 is 9.64 Å². The monoisotopic (exact) mass is 438 g/mol. The Bertz CT molecular complexity index is 903. The van der Waals surface area contributed by atoms with E-state index in [0.29, 0.717) is 36.1 Å². The molecule has 2 aromatic rings. The molecule has 0 unspecified atom stereocenters. The summed E-state index contributed by atoms with van der Waals surface area (Å²) in [6.45, 7) is 1.39. The quantitative estimate of drug-likeness (QED) is 0.773. The Morgan fingerprint density at radius 3 is 2.35 bits per heavy atom. The Kier molecular flexibility index (Phi) is 5.52. The summed E-state index contributed by atoms with van der Waals surface area (Å²) in [6, 6.07) is 12.0. The van der Waals surface area contributed by atoms with Crippen LogP contribution in [0.4, 0.5) is 11.4 Å². The minimum Gasteiger partial charge on any atom is -0.495 e. The highest BCUT2D eigenvalue weighted by atomic mass is 79.9. The molecule has 1 heterocycles. The lowest BCUT2D eigenvalue weighted by Crippen LogP contribution is -2.33. The summed E-state index contributed by atoms with van der Waals surface area (Å²) in [7, 11) is -2.36. The van der Waals surface area contributed by atoms with E-state index in [1.807, 2.05) is 12.1 Å². The van der Waals surface area contributed by atoms with Crippen LogP contribution in [-0.4, -0.2) is 34.4 Å². The van der Waals surface area contributed by atoms with Crippen LogP contribution in [-0.2, 0) is 14.8 Å². The molecule has 0 spiro atoms. The van der Waals surface area contributed by atoms with E-state index in [4.69, 9.17) is 4.74 Å². The molecule has 0 radical (unpaired) electrons. The molecule has 0 aromatic heterocycles. The number of hydrogen-bond donors (Lipinski definition) is 1. The zero-order chi connectivity index (χ0) is 18.7. The number of halogens is 1. The van der Waals surface area contributed by atoms with Gasteiger partial charge in [0.2, 0.25) is 0 Å². The van der Waals surface area contributed by atoms with E-state index in [1.54, 1.807) is 24.3 Å². The van der Waals surface area contributed by atoms with E-state index in [1.165, 1.54) is 13.2 Å². The van der Waals surface area contributed by atoms with Gasteiger partial charge in [-0.15, -0.1) is 0 Å². The summed E-state index contributed by atoms with van der Waals surface area (Å²) in [4.78, 5) is 13.5. The van der Waals surface area contributed by atoms with Gasteiger partial charge in [-0.3, -0.25) is 9.52 Å². The average Bonchev–Trinajstić information content (AvgIpc) is 2.63. The number of ketones is 1. The van der Waals surface area contributed by atoms with Crippen molar-refractivity contribution in [2.45, 2.75) is 17.7 Å². The molecule has 0 atom stereocenters. The molecule has 0 aliphatic carbocycles. The zero-order valence-electron chi connectivity index (χ0n) is 14.2. The van der Waals surface area contributed by atoms with E-state index >= 15 is 0 Å². The van der Waals surface area contributed by atoms with Gasteiger partial charge in [-0.05, 0) is 42.5 Å². The lowest BCUT2D eigenvalue weighted by Gasteiger charge is -2.28. The van der Waals surface area contributed by atoms with Crippen molar-refractivity contribution in [3.8, 4) is 5.75 Å². The third-order valence-corrected chi connectivity index (χ3v) is 6.12. The second kappa shape index (κ2) is 7.67. The van der Waals surface area contributed by atoms with Crippen molar-refractivity contribution in [2.24, 2.45) is 0 Å². The van der Waals surface area contributed by atoms with Crippen LogP contribution in [0.3, 0.4) is 0 Å². The first kappa shape index (κ1) is 18.7. The minimum absolute atomic E-state index is 0.0630. The summed E-state index contributed by atoms with van der Waals surface area (Å²) in [6.07, 6.45) is 1.11. The van der Waals surface area contributed by atoms with E-state index < -0.39 is 10.0 Å². The van der Waals surface area contributed by atoms with Crippen molar-refractivity contribution in [3.63, 3.8) is 0 Å². The van der Waals surface area contributed by atoms with Crippen molar-refractivity contribution < 1.29 is 17.9 Å². The maximum absolute atomic E-state index is 12.7. The van der Waals surface area contributed by atoms with E-state index in [9.17, 15) is 13.2 Å². The molecule has 8 heteroatoms. The molecule has 1 aliphatic rings. The molecule has 26 heavy (non-hydrogen) atoms. The van der Waals surface area contributed by atoms with E-state index in [0.717, 1.165) is 5.69 Å². The molecular formula is C18H19BrN2O4S. The number of nitrogens with zero attached hydrogens (tertiary/aromatic N) is 1. The van der Waals surface area contributed by atoms with E-state index in [2.05, 4.69) is 25.6 Å². The van der Waals surface area contributed by atoms with Gasteiger partial charge in [-0.25, -0.2) is 8.42 Å². The average molecular weight is 439 g/mol. The maximum atomic E-state index is 12.7. The molecular weight excluding hydrogens is 420 g/mol. The normalized spacial score (nSPS) is 15.0. The summed E-state index contributed by atoms with van der Waals surface area (Å²) in [5.41, 5.74) is 1.43. The van der Waals surface area contributed by atoms with Crippen molar-refractivity contribution >= 4 is 43.1 Å². The number of sulfonamides is 1. The number of carbonyl (C=O) groups excluding carboxylic acids is 1. The van der Waals surface area contributed by atoms with Gasteiger partial charge in [0.05, 0.1) is 7.11 Å². The van der Waals surface area contributed by atoms with Crippen LogP contribution in [0.2, 0.25) is 0 Å². The molecule has 138 valence electrons. The fraction of sp³-hybridized carbons (Fsp3) is 0.278.